The molecule has 0 bridgehead atoms. The third-order valence-electron chi connectivity index (χ3n) is 2.97. The number of hydrogen-bond donors (Lipinski definition) is 2. The van der Waals surface area contributed by atoms with Crippen LogP contribution in [0, 0.1) is 0 Å². The van der Waals surface area contributed by atoms with Gasteiger partial charge in [0.1, 0.15) is 11.7 Å². The standard InChI is InChI=1S/C12H18F2N4O3/c1-3-4-5-6-15-11(19)7(2)18-9(10(13)14)8(12(20)21)16-17-18/h7,10H,3-6H2,1-2H3,(H,15,19)(H,20,21). The molecule has 1 heterocycles. The van der Waals surface area contributed by atoms with Gasteiger partial charge in [-0.25, -0.2) is 18.3 Å². The molecule has 7 nitrogen and oxygen atoms in total. The Morgan fingerprint density at radius 1 is 1.38 bits per heavy atom. The molecular weight excluding hydrogens is 286 g/mol. The number of amides is 1. The molecule has 2 N–H and O–H groups in total. The van der Waals surface area contributed by atoms with E-state index in [2.05, 4.69) is 15.6 Å². The molecule has 0 aromatic carbocycles. The summed E-state index contributed by atoms with van der Waals surface area (Å²) in [4.78, 5) is 22.7. The zero-order valence-electron chi connectivity index (χ0n) is 11.8. The minimum atomic E-state index is -3.08. The van der Waals surface area contributed by atoms with Crippen LogP contribution in [0.4, 0.5) is 8.78 Å². The molecule has 0 radical (unpaired) electrons. The van der Waals surface area contributed by atoms with Crippen molar-refractivity contribution in [2.24, 2.45) is 0 Å². The summed E-state index contributed by atoms with van der Waals surface area (Å²) in [6.07, 6.45) is -0.356. The van der Waals surface area contributed by atoms with Gasteiger partial charge in [0.05, 0.1) is 0 Å². The molecule has 0 aliphatic heterocycles. The Hall–Kier alpha value is -2.06. The predicted molar refractivity (Wildman–Crippen MR) is 69.2 cm³/mol. The summed E-state index contributed by atoms with van der Waals surface area (Å²) < 4.78 is 26.6. The molecule has 21 heavy (non-hydrogen) atoms. The molecule has 1 unspecified atom stereocenters. The Balaban J connectivity index is 2.84. The lowest BCUT2D eigenvalue weighted by Crippen LogP contribution is -2.33. The van der Waals surface area contributed by atoms with Crippen LogP contribution in [-0.2, 0) is 4.79 Å². The average molecular weight is 304 g/mol. The number of rotatable bonds is 8. The molecule has 0 aliphatic carbocycles. The first-order chi connectivity index (χ1) is 9.90. The topological polar surface area (TPSA) is 97.1 Å². The largest absolute Gasteiger partial charge is 0.476 e. The minimum absolute atomic E-state index is 0.432. The van der Waals surface area contributed by atoms with Crippen molar-refractivity contribution >= 4 is 11.9 Å². The maximum atomic E-state index is 13.0. The average Bonchev–Trinajstić information content (AvgIpc) is 2.87. The summed E-state index contributed by atoms with van der Waals surface area (Å²) in [6.45, 7) is 3.81. The van der Waals surface area contributed by atoms with Gasteiger partial charge in [0.25, 0.3) is 6.43 Å². The summed E-state index contributed by atoms with van der Waals surface area (Å²) in [6, 6.07) is -1.06. The third-order valence-corrected chi connectivity index (χ3v) is 2.97. The van der Waals surface area contributed by atoms with Crippen LogP contribution >= 0.6 is 0 Å². The molecule has 1 amide bonds. The molecule has 1 rings (SSSR count). The van der Waals surface area contributed by atoms with Gasteiger partial charge in [0, 0.05) is 6.54 Å². The quantitative estimate of drug-likeness (QED) is 0.713. The second-order valence-corrected chi connectivity index (χ2v) is 4.55. The van der Waals surface area contributed by atoms with E-state index in [9.17, 15) is 18.4 Å². The summed E-state index contributed by atoms with van der Waals surface area (Å²) in [5, 5.41) is 18.0. The number of aromatic carboxylic acids is 1. The fraction of sp³-hybridized carbons (Fsp3) is 0.667. The molecule has 0 fully saturated rings. The van der Waals surface area contributed by atoms with Gasteiger partial charge in [0.15, 0.2) is 5.69 Å². The lowest BCUT2D eigenvalue weighted by molar-refractivity contribution is -0.124. The summed E-state index contributed by atoms with van der Waals surface area (Å²) in [5.74, 6) is -2.11. The van der Waals surface area contributed by atoms with E-state index in [1.54, 1.807) is 0 Å². The number of hydrogen-bond acceptors (Lipinski definition) is 4. The van der Waals surface area contributed by atoms with Crippen molar-refractivity contribution in [3.8, 4) is 0 Å². The van der Waals surface area contributed by atoms with E-state index in [1.165, 1.54) is 6.92 Å². The van der Waals surface area contributed by atoms with E-state index in [-0.39, 0.29) is 0 Å². The van der Waals surface area contributed by atoms with Crippen LogP contribution < -0.4 is 5.32 Å². The van der Waals surface area contributed by atoms with E-state index < -0.39 is 35.7 Å². The van der Waals surface area contributed by atoms with Crippen molar-refractivity contribution in [2.75, 3.05) is 6.54 Å². The fourth-order valence-corrected chi connectivity index (χ4v) is 1.79. The third kappa shape index (κ3) is 4.20. The highest BCUT2D eigenvalue weighted by atomic mass is 19.3. The number of carbonyl (C=O) groups is 2. The lowest BCUT2D eigenvalue weighted by atomic mass is 10.2. The second-order valence-electron chi connectivity index (χ2n) is 4.55. The smallest absolute Gasteiger partial charge is 0.358 e. The molecule has 0 spiro atoms. The lowest BCUT2D eigenvalue weighted by Gasteiger charge is -2.14. The molecule has 0 saturated heterocycles. The number of carboxylic acids is 1. The van der Waals surface area contributed by atoms with Crippen LogP contribution in [0.1, 0.15) is 61.8 Å². The normalized spacial score (nSPS) is 12.4. The van der Waals surface area contributed by atoms with Crippen LogP contribution in [-0.4, -0.2) is 38.5 Å². The number of carboxylic acid groups (broad SMARTS) is 1. The maximum Gasteiger partial charge on any atom is 0.358 e. The van der Waals surface area contributed by atoms with Crippen molar-refractivity contribution in [3.63, 3.8) is 0 Å². The Morgan fingerprint density at radius 2 is 2.05 bits per heavy atom. The van der Waals surface area contributed by atoms with E-state index in [1.807, 2.05) is 6.92 Å². The molecule has 0 saturated carbocycles. The first-order valence-electron chi connectivity index (χ1n) is 6.64. The monoisotopic (exact) mass is 304 g/mol. The highest BCUT2D eigenvalue weighted by Gasteiger charge is 2.30. The van der Waals surface area contributed by atoms with Crippen LogP contribution in [0.2, 0.25) is 0 Å². The van der Waals surface area contributed by atoms with Crippen molar-refractivity contribution < 1.29 is 23.5 Å². The van der Waals surface area contributed by atoms with Gasteiger partial charge in [-0.1, -0.05) is 25.0 Å². The maximum absolute atomic E-state index is 13.0. The van der Waals surface area contributed by atoms with E-state index >= 15 is 0 Å². The molecule has 1 aromatic rings. The molecule has 1 aromatic heterocycles. The van der Waals surface area contributed by atoms with Crippen LogP contribution in [0.15, 0.2) is 0 Å². The van der Waals surface area contributed by atoms with Gasteiger partial charge >= 0.3 is 5.97 Å². The van der Waals surface area contributed by atoms with Gasteiger partial charge in [0.2, 0.25) is 5.91 Å². The number of alkyl halides is 2. The van der Waals surface area contributed by atoms with Crippen molar-refractivity contribution in [1.29, 1.82) is 0 Å². The first kappa shape index (κ1) is 17.0. The van der Waals surface area contributed by atoms with Crippen molar-refractivity contribution in [1.82, 2.24) is 20.3 Å². The van der Waals surface area contributed by atoms with E-state index in [0.717, 1.165) is 19.3 Å². The number of unbranched alkanes of at least 4 members (excludes halogenated alkanes) is 2. The molecular formula is C12H18F2N4O3. The van der Waals surface area contributed by atoms with Crippen LogP contribution in [0.25, 0.3) is 0 Å². The number of halogens is 2. The van der Waals surface area contributed by atoms with Crippen molar-refractivity contribution in [2.45, 2.75) is 45.6 Å². The Morgan fingerprint density at radius 3 is 2.57 bits per heavy atom. The highest BCUT2D eigenvalue weighted by molar-refractivity contribution is 5.87. The van der Waals surface area contributed by atoms with E-state index in [0.29, 0.717) is 11.2 Å². The van der Waals surface area contributed by atoms with Gasteiger partial charge < -0.3 is 10.4 Å². The van der Waals surface area contributed by atoms with Gasteiger partial charge in [-0.3, -0.25) is 4.79 Å². The molecule has 118 valence electrons. The van der Waals surface area contributed by atoms with E-state index in [4.69, 9.17) is 5.11 Å². The SMILES string of the molecule is CCCCCNC(=O)C(C)n1nnc(C(=O)O)c1C(F)F. The number of nitrogens with zero attached hydrogens (tertiary/aromatic N) is 3. The zero-order valence-corrected chi connectivity index (χ0v) is 11.8. The molecule has 0 aliphatic rings. The molecule has 9 heteroatoms. The van der Waals surface area contributed by atoms with Crippen molar-refractivity contribution in [3.05, 3.63) is 11.4 Å². The Labute approximate surface area is 120 Å². The minimum Gasteiger partial charge on any atom is -0.476 e. The summed E-state index contributed by atoms with van der Waals surface area (Å²) in [5.41, 5.74) is -1.70. The van der Waals surface area contributed by atoms with Crippen LogP contribution in [0.3, 0.4) is 0 Å². The number of aromatic nitrogens is 3. The summed E-state index contributed by atoms with van der Waals surface area (Å²) in [7, 11) is 0. The molecule has 1 atom stereocenters. The fourth-order valence-electron chi connectivity index (χ4n) is 1.79. The number of carbonyl (C=O) groups excluding carboxylic acids is 1. The predicted octanol–water partition coefficient (Wildman–Crippen LogP) is 1.78. The van der Waals surface area contributed by atoms with Crippen LogP contribution in [0.5, 0.6) is 0 Å². The zero-order chi connectivity index (χ0) is 16.0. The van der Waals surface area contributed by atoms with Gasteiger partial charge in [-0.2, -0.15) is 0 Å². The second kappa shape index (κ2) is 7.65. The Bertz CT molecular complexity index is 505. The Kier molecular flexibility index (Phi) is 6.19. The van der Waals surface area contributed by atoms with Gasteiger partial charge in [-0.05, 0) is 13.3 Å². The summed E-state index contributed by atoms with van der Waals surface area (Å²) >= 11 is 0. The van der Waals surface area contributed by atoms with Gasteiger partial charge in [-0.15, -0.1) is 5.10 Å². The first-order valence-corrected chi connectivity index (χ1v) is 6.64. The highest BCUT2D eigenvalue weighted by Crippen LogP contribution is 2.24. The number of nitrogens with one attached hydrogen (secondary N) is 1.